The van der Waals surface area contributed by atoms with E-state index in [0.29, 0.717) is 24.4 Å². The average molecular weight is 237 g/mol. The third kappa shape index (κ3) is 4.87. The third-order valence-electron chi connectivity index (χ3n) is 2.36. The van der Waals surface area contributed by atoms with E-state index in [9.17, 15) is 4.79 Å². The molecule has 0 fully saturated rings. The zero-order chi connectivity index (χ0) is 12.5. The molecule has 0 aromatic heterocycles. The van der Waals surface area contributed by atoms with Gasteiger partial charge in [0.15, 0.2) is 0 Å². The van der Waals surface area contributed by atoms with Gasteiger partial charge in [0, 0.05) is 18.8 Å². The van der Waals surface area contributed by atoms with Gasteiger partial charge in [0.25, 0.3) is 0 Å². The molecule has 0 aliphatic carbocycles. The first-order chi connectivity index (χ1) is 8.25. The summed E-state index contributed by atoms with van der Waals surface area (Å²) in [6.45, 7) is 4.09. The fourth-order valence-electron chi connectivity index (χ4n) is 1.43. The van der Waals surface area contributed by atoms with Crippen LogP contribution in [0.3, 0.4) is 0 Å². The zero-order valence-electron chi connectivity index (χ0n) is 10.1. The Bertz CT molecular complexity index is 352. The highest BCUT2D eigenvalue weighted by Gasteiger charge is 2.07. The van der Waals surface area contributed by atoms with Gasteiger partial charge in [0.05, 0.1) is 12.2 Å². The molecule has 0 spiro atoms. The molecule has 4 nitrogen and oxygen atoms in total. The van der Waals surface area contributed by atoms with Crippen LogP contribution in [0.1, 0.15) is 30.1 Å². The van der Waals surface area contributed by atoms with E-state index in [0.717, 1.165) is 19.4 Å². The molecule has 1 aromatic carbocycles. The molecule has 2 N–H and O–H groups in total. The monoisotopic (exact) mass is 237 g/mol. The number of aromatic carboxylic acids is 1. The minimum absolute atomic E-state index is 0.293. The second kappa shape index (κ2) is 7.68. The van der Waals surface area contributed by atoms with Gasteiger partial charge < -0.3 is 15.2 Å². The molecule has 4 heteroatoms. The number of rotatable bonds is 8. The van der Waals surface area contributed by atoms with Crippen molar-refractivity contribution in [2.75, 3.05) is 25.1 Å². The topological polar surface area (TPSA) is 58.6 Å². The van der Waals surface area contributed by atoms with Gasteiger partial charge >= 0.3 is 5.97 Å². The molecule has 0 atom stereocenters. The molecular formula is C13H19NO3. The van der Waals surface area contributed by atoms with E-state index in [2.05, 4.69) is 12.2 Å². The Labute approximate surface area is 102 Å². The van der Waals surface area contributed by atoms with Crippen LogP contribution in [0.4, 0.5) is 5.69 Å². The Balaban J connectivity index is 2.34. The first-order valence-corrected chi connectivity index (χ1v) is 5.89. The van der Waals surface area contributed by atoms with Gasteiger partial charge in [-0.25, -0.2) is 4.79 Å². The molecule has 0 saturated carbocycles. The smallest absolute Gasteiger partial charge is 0.337 e. The number of unbranched alkanes of at least 4 members (excludes halogenated alkanes) is 1. The van der Waals surface area contributed by atoms with Crippen LogP contribution < -0.4 is 5.32 Å². The van der Waals surface area contributed by atoms with E-state index in [-0.39, 0.29) is 0 Å². The van der Waals surface area contributed by atoms with Gasteiger partial charge in [-0.05, 0) is 18.6 Å². The van der Waals surface area contributed by atoms with Crippen LogP contribution in [0.25, 0.3) is 0 Å². The molecule has 0 unspecified atom stereocenters. The number of hydrogen-bond acceptors (Lipinski definition) is 3. The van der Waals surface area contributed by atoms with Crippen molar-refractivity contribution in [2.45, 2.75) is 19.8 Å². The van der Waals surface area contributed by atoms with Gasteiger partial charge in [-0.15, -0.1) is 0 Å². The van der Waals surface area contributed by atoms with E-state index in [1.807, 2.05) is 6.07 Å². The predicted octanol–water partition coefficient (Wildman–Crippen LogP) is 2.61. The molecule has 17 heavy (non-hydrogen) atoms. The first-order valence-electron chi connectivity index (χ1n) is 5.89. The second-order valence-electron chi connectivity index (χ2n) is 3.74. The quantitative estimate of drug-likeness (QED) is 0.682. The number of para-hydroxylation sites is 1. The lowest BCUT2D eigenvalue weighted by Crippen LogP contribution is -2.12. The number of anilines is 1. The standard InChI is InChI=1S/C13H19NO3/c1-2-3-9-17-10-8-14-12-7-5-4-6-11(12)13(15)16/h4-7,14H,2-3,8-10H2,1H3,(H,15,16). The molecule has 0 bridgehead atoms. The average Bonchev–Trinajstić information content (AvgIpc) is 2.34. The highest BCUT2D eigenvalue weighted by Crippen LogP contribution is 2.14. The van der Waals surface area contributed by atoms with Crippen LogP contribution in [0.2, 0.25) is 0 Å². The van der Waals surface area contributed by atoms with E-state index in [1.165, 1.54) is 0 Å². The Morgan fingerprint density at radius 3 is 2.82 bits per heavy atom. The van der Waals surface area contributed by atoms with E-state index in [1.54, 1.807) is 18.2 Å². The van der Waals surface area contributed by atoms with Gasteiger partial charge in [0.2, 0.25) is 0 Å². The van der Waals surface area contributed by atoms with Crippen molar-refractivity contribution in [3.05, 3.63) is 29.8 Å². The number of carbonyl (C=O) groups is 1. The number of carboxylic acid groups (broad SMARTS) is 1. The van der Waals surface area contributed by atoms with Gasteiger partial charge in [0.1, 0.15) is 0 Å². The summed E-state index contributed by atoms with van der Waals surface area (Å²) in [6.07, 6.45) is 2.18. The summed E-state index contributed by atoms with van der Waals surface area (Å²) < 4.78 is 5.39. The van der Waals surface area contributed by atoms with Crippen molar-refractivity contribution < 1.29 is 14.6 Å². The molecule has 0 radical (unpaired) electrons. The summed E-state index contributed by atoms with van der Waals surface area (Å²) in [4.78, 5) is 10.9. The fourth-order valence-corrected chi connectivity index (χ4v) is 1.43. The number of nitrogens with one attached hydrogen (secondary N) is 1. The van der Waals surface area contributed by atoms with Gasteiger partial charge in [-0.2, -0.15) is 0 Å². The molecule has 0 amide bonds. The maximum Gasteiger partial charge on any atom is 0.337 e. The number of ether oxygens (including phenoxy) is 1. The van der Waals surface area contributed by atoms with E-state index in [4.69, 9.17) is 9.84 Å². The Kier molecular flexibility index (Phi) is 6.10. The van der Waals surface area contributed by atoms with Gasteiger partial charge in [-0.3, -0.25) is 0 Å². The molecule has 0 aliphatic rings. The van der Waals surface area contributed by atoms with E-state index >= 15 is 0 Å². The Morgan fingerprint density at radius 1 is 1.35 bits per heavy atom. The van der Waals surface area contributed by atoms with Crippen molar-refractivity contribution in [3.63, 3.8) is 0 Å². The summed E-state index contributed by atoms with van der Waals surface area (Å²) in [5, 5.41) is 12.0. The maximum atomic E-state index is 10.9. The van der Waals surface area contributed by atoms with Crippen molar-refractivity contribution in [1.29, 1.82) is 0 Å². The molecule has 94 valence electrons. The molecule has 0 heterocycles. The Hall–Kier alpha value is -1.55. The van der Waals surface area contributed by atoms with E-state index < -0.39 is 5.97 Å². The summed E-state index contributed by atoms with van der Waals surface area (Å²) in [5.41, 5.74) is 0.931. The summed E-state index contributed by atoms with van der Waals surface area (Å²) in [6, 6.07) is 6.87. The number of benzene rings is 1. The molecule has 1 rings (SSSR count). The van der Waals surface area contributed by atoms with Crippen LogP contribution in [0.15, 0.2) is 24.3 Å². The molecule has 0 aliphatic heterocycles. The molecule has 1 aromatic rings. The molecule has 0 saturated heterocycles. The summed E-state index contributed by atoms with van der Waals surface area (Å²) in [7, 11) is 0. The van der Waals surface area contributed by atoms with Crippen LogP contribution in [-0.2, 0) is 4.74 Å². The predicted molar refractivity (Wildman–Crippen MR) is 67.6 cm³/mol. The maximum absolute atomic E-state index is 10.9. The Morgan fingerprint density at radius 2 is 2.12 bits per heavy atom. The summed E-state index contributed by atoms with van der Waals surface area (Å²) in [5.74, 6) is -0.917. The highest BCUT2D eigenvalue weighted by molar-refractivity contribution is 5.94. The normalized spacial score (nSPS) is 10.2. The number of carboxylic acids is 1. The van der Waals surface area contributed by atoms with Crippen LogP contribution in [-0.4, -0.2) is 30.8 Å². The van der Waals surface area contributed by atoms with Crippen LogP contribution >= 0.6 is 0 Å². The SMILES string of the molecule is CCCCOCCNc1ccccc1C(=O)O. The van der Waals surface area contributed by atoms with Crippen LogP contribution in [0, 0.1) is 0 Å². The van der Waals surface area contributed by atoms with Crippen molar-refractivity contribution in [2.24, 2.45) is 0 Å². The first kappa shape index (κ1) is 13.5. The van der Waals surface area contributed by atoms with Crippen LogP contribution in [0.5, 0.6) is 0 Å². The lowest BCUT2D eigenvalue weighted by Gasteiger charge is -2.09. The zero-order valence-corrected chi connectivity index (χ0v) is 10.1. The lowest BCUT2D eigenvalue weighted by molar-refractivity contribution is 0.0698. The van der Waals surface area contributed by atoms with Crippen molar-refractivity contribution in [1.82, 2.24) is 0 Å². The largest absolute Gasteiger partial charge is 0.478 e. The van der Waals surface area contributed by atoms with Crippen molar-refractivity contribution >= 4 is 11.7 Å². The summed E-state index contributed by atoms with van der Waals surface area (Å²) >= 11 is 0. The minimum atomic E-state index is -0.917. The van der Waals surface area contributed by atoms with Crippen molar-refractivity contribution in [3.8, 4) is 0 Å². The highest BCUT2D eigenvalue weighted by atomic mass is 16.5. The van der Waals surface area contributed by atoms with Gasteiger partial charge in [-0.1, -0.05) is 25.5 Å². The minimum Gasteiger partial charge on any atom is -0.478 e. The second-order valence-corrected chi connectivity index (χ2v) is 3.74. The molecular weight excluding hydrogens is 218 g/mol. The number of hydrogen-bond donors (Lipinski definition) is 2. The lowest BCUT2D eigenvalue weighted by atomic mass is 10.2. The third-order valence-corrected chi connectivity index (χ3v) is 2.36. The fraction of sp³-hybridized carbons (Fsp3) is 0.462.